The first kappa shape index (κ1) is 112. The van der Waals surface area contributed by atoms with Gasteiger partial charge < -0.3 is 95.1 Å². The standard InChI is InChI=1S/C26H25Cl2N5O3.C18H17BrClNO2.C18H17Cl2N5O2.2C14H13Cl2N5O.C8H9ClN4O.K.H2O/c1-26(2)18-10-16(31-22-21(28)23(30-13-29-22)32-24(34)15-6-7-15)11-19(27)20(18)25(35)33(26)12-14-4-8-17(36-3)9-5-14;1-18(2)14-8-12(19)9-15(20)16(14)17(22)21(18)10-11-4-6-13(23-3)7-5-11;1-18(2)10-5-9(6-11(19)12(10)17(27)25-18)23-14-13(20)15(22-7-21-14)24-16(26)8-3-4-8;2*1-14(2)7-3-6(4-8(15)9(7)13(22)21-14)20-12-10(16)11(17)18-5-19-12;9-5-6(10)11-3-12-7(5)13-8(14)4-1-2-4;;/h4-5,8-11,13,15H,6-7,12H2,1-3H3,(H2,29,30,31,32,34);4-9H,10H2,1-3H3;5-8H,3-4H2,1-2H3,(H,25,27)(H2,21,22,23,24,26);2*3-5H,1-2H3,(H,21,22)(H3,17,18,19,20);3-4H,1-2H2,(H3,10,11,12,13,14);;1H2/q;;;;;;+1;/p-1. The summed E-state index contributed by atoms with van der Waals surface area (Å²) in [7, 11) is 3.25. The molecule has 0 saturated heterocycles. The molecule has 3 fully saturated rings. The summed E-state index contributed by atoms with van der Waals surface area (Å²) >= 11 is 66.0. The summed E-state index contributed by atoms with van der Waals surface area (Å²) in [6.45, 7) is 20.5. The molecule has 20 rings (SSSR count). The summed E-state index contributed by atoms with van der Waals surface area (Å²) in [4.78, 5) is 141. The number of rotatable bonds is 20. The molecule has 17 N–H and O–H groups in total. The van der Waals surface area contributed by atoms with Crippen LogP contribution in [0.3, 0.4) is 0 Å². The number of hydrogen-bond donors (Lipinski definition) is 13. The van der Waals surface area contributed by atoms with Gasteiger partial charge in [0.05, 0.1) is 94.8 Å². The van der Waals surface area contributed by atoms with E-state index in [4.69, 9.17) is 143 Å². The predicted octanol–water partition coefficient (Wildman–Crippen LogP) is 18.7. The Labute approximate surface area is 939 Å². The van der Waals surface area contributed by atoms with Crippen LogP contribution in [0.15, 0.2) is 145 Å². The van der Waals surface area contributed by atoms with E-state index in [0.29, 0.717) is 112 Å². The number of nitrogens with two attached hydrogens (primary N) is 3. The number of fused-ring (bicyclic) bond motifs is 5. The normalized spacial score (nSPS) is 15.7. The van der Waals surface area contributed by atoms with Gasteiger partial charge in [0.2, 0.25) is 17.7 Å². The Morgan fingerprint density at radius 1 is 0.363 bits per heavy atom. The fraction of sp³-hybridized carbons (Fsp3) is 0.286. The first-order valence-electron chi connectivity index (χ1n) is 44.6. The van der Waals surface area contributed by atoms with Crippen LogP contribution in [0.5, 0.6) is 11.5 Å². The molecule has 8 aliphatic rings. The van der Waals surface area contributed by atoms with Gasteiger partial charge in [0.1, 0.15) is 85.7 Å². The number of ether oxygens (including phenoxy) is 2. The van der Waals surface area contributed by atoms with E-state index in [2.05, 4.69) is 119 Å². The Morgan fingerprint density at radius 2 is 0.610 bits per heavy atom. The molecular formula is C98H95BrCl10KN25O11. The van der Waals surface area contributed by atoms with E-state index in [1.807, 2.05) is 153 Å². The van der Waals surface area contributed by atoms with Crippen molar-refractivity contribution in [3.63, 3.8) is 0 Å². The molecule has 0 atom stereocenters. The van der Waals surface area contributed by atoms with Crippen LogP contribution in [0.2, 0.25) is 50.2 Å². The molecule has 3 saturated carbocycles. The zero-order chi connectivity index (χ0) is 104. The number of anilines is 14. The van der Waals surface area contributed by atoms with Crippen molar-refractivity contribution in [2.24, 2.45) is 17.8 Å². The van der Waals surface area contributed by atoms with Gasteiger partial charge in [0, 0.05) is 58.1 Å². The summed E-state index contributed by atoms with van der Waals surface area (Å²) in [5, 5.41) is 32.1. The number of carbonyl (C=O) groups excluding carboxylic acids is 8. The SMILES string of the molecule is CC1(C)NC(=O)c2c(Cl)cc(Nc3ncnc(N)c3Cl)cc21.CC1(C)NC(=O)c2c(Cl)cc(Nc3ncnc(N)c3Cl)cc21.CC1(C)NC(=O)c2c(Cl)cc(Nc3ncnc(NC(=O)C4CC4)c3Cl)cc21.COc1ccc(CN2C(=O)c3c(Cl)cc(Br)cc3C2(C)C)cc1.COc1ccc(CN2C(=O)c3c(Cl)cc(Nc4ncnc(NC(=O)C5CC5)c4Cl)cc3C2(C)C)cc1.Nc1ncnc(NC(=O)C2CC2)c1Cl.[K+].[OH-]. The predicted molar refractivity (Wildman–Crippen MR) is 566 cm³/mol. The Kier molecular flexibility index (Phi) is 34.9. The van der Waals surface area contributed by atoms with Crippen LogP contribution in [0, 0.1) is 17.8 Å². The minimum Gasteiger partial charge on any atom is -0.870 e. The van der Waals surface area contributed by atoms with Crippen molar-refractivity contribution in [3.8, 4) is 11.5 Å². The molecule has 756 valence electrons. The smallest absolute Gasteiger partial charge is 0.870 e. The van der Waals surface area contributed by atoms with Crippen molar-refractivity contribution >= 4 is 260 Å². The van der Waals surface area contributed by atoms with Crippen LogP contribution < -0.4 is 131 Å². The molecule has 0 radical (unpaired) electrons. The van der Waals surface area contributed by atoms with E-state index in [1.54, 1.807) is 49.5 Å². The zero-order valence-corrected chi connectivity index (χ0v) is 92.7. The maximum atomic E-state index is 13.4. The Hall–Kier alpha value is -11.1. The molecule has 146 heavy (non-hydrogen) atoms. The van der Waals surface area contributed by atoms with E-state index < -0.39 is 27.7 Å². The molecule has 0 bridgehead atoms. The molecule has 7 aromatic carbocycles. The van der Waals surface area contributed by atoms with Gasteiger partial charge in [-0.1, -0.05) is 156 Å². The topological polar surface area (TPSA) is 519 Å². The number of benzene rings is 7. The van der Waals surface area contributed by atoms with Crippen molar-refractivity contribution in [3.05, 3.63) is 262 Å². The zero-order valence-electron chi connectivity index (χ0n) is 80.5. The molecule has 5 aromatic heterocycles. The van der Waals surface area contributed by atoms with Gasteiger partial charge in [-0.15, -0.1) is 0 Å². The third kappa shape index (κ3) is 24.9. The fourth-order valence-electron chi connectivity index (χ4n) is 16.3. The Bertz CT molecular complexity index is 7060. The first-order valence-corrected chi connectivity index (χ1v) is 49.2. The van der Waals surface area contributed by atoms with Crippen LogP contribution in [-0.2, 0) is 55.2 Å². The van der Waals surface area contributed by atoms with Gasteiger partial charge in [0.25, 0.3) is 29.5 Å². The number of carbonyl (C=O) groups is 8. The maximum absolute atomic E-state index is 13.4. The quantitative estimate of drug-likeness (QED) is 0.0315. The molecule has 10 heterocycles. The summed E-state index contributed by atoms with van der Waals surface area (Å²) in [5.74, 6) is 3.52. The summed E-state index contributed by atoms with van der Waals surface area (Å²) < 4.78 is 11.3. The number of halogens is 11. The van der Waals surface area contributed by atoms with Crippen molar-refractivity contribution in [1.29, 1.82) is 0 Å². The van der Waals surface area contributed by atoms with Crippen LogP contribution in [0.4, 0.5) is 80.9 Å². The van der Waals surface area contributed by atoms with Crippen LogP contribution >= 0.6 is 132 Å². The molecule has 8 amide bonds. The minimum atomic E-state index is -0.619. The second kappa shape index (κ2) is 45.5. The number of nitrogens with zero attached hydrogens (tertiary/aromatic N) is 12. The maximum Gasteiger partial charge on any atom is 1.00 e. The van der Waals surface area contributed by atoms with Gasteiger partial charge in [0.15, 0.2) is 40.7 Å². The van der Waals surface area contributed by atoms with Gasteiger partial charge in [-0.2, -0.15) is 0 Å². The van der Waals surface area contributed by atoms with Crippen LogP contribution in [0.25, 0.3) is 0 Å². The number of aromatic nitrogens is 10. The summed E-state index contributed by atoms with van der Waals surface area (Å²) in [6.07, 6.45) is 11.9. The summed E-state index contributed by atoms with van der Waals surface area (Å²) in [6, 6.07) is 33.1. The Balaban J connectivity index is 0.000000149. The number of nitrogen functional groups attached to an aromatic ring is 3. The van der Waals surface area contributed by atoms with E-state index >= 15 is 0 Å². The van der Waals surface area contributed by atoms with Gasteiger partial charge in [-0.25, -0.2) is 49.8 Å². The van der Waals surface area contributed by atoms with E-state index in [-0.39, 0.29) is 182 Å². The Morgan fingerprint density at radius 3 is 0.904 bits per heavy atom. The van der Waals surface area contributed by atoms with E-state index in [9.17, 15) is 38.4 Å². The molecule has 0 spiro atoms. The van der Waals surface area contributed by atoms with Crippen molar-refractivity contribution in [1.82, 2.24) is 75.6 Å². The van der Waals surface area contributed by atoms with Crippen molar-refractivity contribution in [2.45, 2.75) is 149 Å². The van der Waals surface area contributed by atoms with Gasteiger partial charge >= 0.3 is 51.4 Å². The van der Waals surface area contributed by atoms with E-state index in [1.165, 1.54) is 31.6 Å². The molecule has 36 nitrogen and oxygen atoms in total. The van der Waals surface area contributed by atoms with Crippen molar-refractivity contribution in [2.75, 3.05) is 68.6 Å². The number of amides is 8. The molecular weight excluding hydrogens is 2180 g/mol. The first-order chi connectivity index (χ1) is 68.0. The summed E-state index contributed by atoms with van der Waals surface area (Å²) in [5.41, 5.74) is 25.5. The number of nitrogens with one attached hydrogen (secondary N) is 10. The molecule has 48 heteroatoms. The third-order valence-electron chi connectivity index (χ3n) is 24.6. The molecule has 12 aromatic rings. The second-order valence-corrected chi connectivity index (χ2v) is 41.8. The minimum absolute atomic E-state index is 0. The fourth-order valence-corrected chi connectivity index (χ4v) is 19.2. The average Bonchev–Trinajstić information content (AvgIpc) is 1.53. The van der Waals surface area contributed by atoms with Gasteiger partial charge in [-0.05, 0) is 232 Å². The molecule has 0 unspecified atom stereocenters. The number of hydrogen-bond acceptors (Lipinski definition) is 28. The van der Waals surface area contributed by atoms with E-state index in [0.717, 1.165) is 93.4 Å². The average molecular weight is 2270 g/mol. The number of methoxy groups -OCH3 is 2. The largest absolute Gasteiger partial charge is 1.00 e. The van der Waals surface area contributed by atoms with Gasteiger partial charge in [-0.3, -0.25) is 38.4 Å². The third-order valence-corrected chi connectivity index (χ3v) is 28.4. The van der Waals surface area contributed by atoms with Crippen LogP contribution in [-0.4, -0.2) is 127 Å². The monoisotopic (exact) mass is 2270 g/mol. The molecule has 3 aliphatic carbocycles. The van der Waals surface area contributed by atoms with Crippen LogP contribution in [0.1, 0.15) is 198 Å². The second-order valence-electron chi connectivity index (χ2n) is 37.0. The van der Waals surface area contributed by atoms with Crippen molar-refractivity contribution < 1.29 is 105 Å². The molecule has 5 aliphatic heterocycles.